The van der Waals surface area contributed by atoms with Crippen molar-refractivity contribution in [2.75, 3.05) is 12.4 Å². The third-order valence-corrected chi connectivity index (χ3v) is 7.26. The summed E-state index contributed by atoms with van der Waals surface area (Å²) in [5, 5.41) is 10.8. The van der Waals surface area contributed by atoms with Gasteiger partial charge in [0.25, 0.3) is 0 Å². The first-order valence-electron chi connectivity index (χ1n) is 12.0. The number of phenolic OH excluding ortho intramolecular Hbond substituents is 1. The fourth-order valence-electron chi connectivity index (χ4n) is 4.54. The topological polar surface area (TPSA) is 59.1 Å². The lowest BCUT2D eigenvalue weighted by molar-refractivity contribution is 0.226. The molecule has 0 aromatic heterocycles. The van der Waals surface area contributed by atoms with Gasteiger partial charge in [-0.2, -0.15) is 0 Å². The number of rotatable bonds is 11. The smallest absolute Gasteiger partial charge is 0.372 e. The SMILES string of the molecule is C=C(C)[C@@H]1CCC(C)=C[C@H]1c1c(O)cc(CCCCC)cc1OC(=O)SCCCC1CO1. The molecular formula is C27H38O4S. The molecule has 1 unspecified atom stereocenters. The molecule has 0 spiro atoms. The van der Waals surface area contributed by atoms with Crippen LogP contribution in [0.4, 0.5) is 4.79 Å². The van der Waals surface area contributed by atoms with Crippen LogP contribution in [-0.4, -0.2) is 28.9 Å². The molecule has 0 saturated carbocycles. The molecular weight excluding hydrogens is 420 g/mol. The van der Waals surface area contributed by atoms with E-state index in [1.54, 1.807) is 0 Å². The Labute approximate surface area is 197 Å². The van der Waals surface area contributed by atoms with E-state index in [0.29, 0.717) is 17.6 Å². The van der Waals surface area contributed by atoms with E-state index < -0.39 is 0 Å². The van der Waals surface area contributed by atoms with Crippen LogP contribution in [0.2, 0.25) is 0 Å². The van der Waals surface area contributed by atoms with Crippen molar-refractivity contribution in [1.29, 1.82) is 0 Å². The standard InChI is InChI=1S/C27H38O4S/c1-5-6-7-9-20-15-24(28)26(23-14-19(4)11-12-22(23)18(2)3)25(16-20)31-27(29)32-13-8-10-21-17-30-21/h14-16,21-23,28H,2,5-13,17H2,1,3-4H3/t21?,22-,23+/m0/s1. The maximum absolute atomic E-state index is 12.7. The largest absolute Gasteiger partial charge is 0.507 e. The molecule has 5 heteroatoms. The maximum atomic E-state index is 12.7. The van der Waals surface area contributed by atoms with E-state index in [9.17, 15) is 9.90 Å². The Kier molecular flexibility index (Phi) is 9.30. The number of carbonyl (C=O) groups is 1. The van der Waals surface area contributed by atoms with Crippen LogP contribution in [0.25, 0.3) is 0 Å². The second-order valence-corrected chi connectivity index (χ2v) is 10.3. The average molecular weight is 459 g/mol. The van der Waals surface area contributed by atoms with E-state index in [4.69, 9.17) is 9.47 Å². The molecule has 0 radical (unpaired) electrons. The van der Waals surface area contributed by atoms with Crippen molar-refractivity contribution in [2.45, 2.75) is 84.2 Å². The summed E-state index contributed by atoms with van der Waals surface area (Å²) < 4.78 is 11.1. The number of aryl methyl sites for hydroxylation is 1. The minimum Gasteiger partial charge on any atom is -0.507 e. The molecule has 0 bridgehead atoms. The van der Waals surface area contributed by atoms with E-state index in [0.717, 1.165) is 74.7 Å². The van der Waals surface area contributed by atoms with Gasteiger partial charge in [-0.3, -0.25) is 0 Å². The zero-order chi connectivity index (χ0) is 23.1. The predicted molar refractivity (Wildman–Crippen MR) is 133 cm³/mol. The summed E-state index contributed by atoms with van der Waals surface area (Å²) in [6, 6.07) is 3.83. The molecule has 1 N–H and O–H groups in total. The van der Waals surface area contributed by atoms with Crippen molar-refractivity contribution in [3.63, 3.8) is 0 Å². The zero-order valence-corrected chi connectivity index (χ0v) is 20.6. The van der Waals surface area contributed by atoms with Crippen LogP contribution < -0.4 is 4.74 Å². The number of aromatic hydroxyl groups is 1. The van der Waals surface area contributed by atoms with Crippen molar-refractivity contribution in [1.82, 2.24) is 0 Å². The second-order valence-electron chi connectivity index (χ2n) is 9.31. The van der Waals surface area contributed by atoms with Crippen LogP contribution in [0.3, 0.4) is 0 Å². The fraction of sp³-hybridized carbons (Fsp3) is 0.593. The number of thioether (sulfide) groups is 1. The molecule has 1 saturated heterocycles. The van der Waals surface area contributed by atoms with Gasteiger partial charge in [0.15, 0.2) is 0 Å². The third-order valence-electron chi connectivity index (χ3n) is 6.45. The molecule has 1 aromatic rings. The molecule has 176 valence electrons. The molecule has 0 amide bonds. The lowest BCUT2D eigenvalue weighted by atomic mass is 9.73. The monoisotopic (exact) mass is 458 g/mol. The van der Waals surface area contributed by atoms with Crippen LogP contribution in [0.5, 0.6) is 11.5 Å². The normalized spacial score (nSPS) is 22.3. The van der Waals surface area contributed by atoms with E-state index in [2.05, 4.69) is 26.5 Å². The van der Waals surface area contributed by atoms with Crippen LogP contribution in [0, 0.1) is 5.92 Å². The first-order valence-corrected chi connectivity index (χ1v) is 13.0. The Morgan fingerprint density at radius 1 is 1.31 bits per heavy atom. The first kappa shape index (κ1) is 24.9. The number of phenols is 1. The Balaban J connectivity index is 1.83. The Morgan fingerprint density at radius 2 is 2.09 bits per heavy atom. The zero-order valence-electron chi connectivity index (χ0n) is 19.8. The van der Waals surface area contributed by atoms with Gasteiger partial charge in [-0.1, -0.05) is 43.6 Å². The highest BCUT2D eigenvalue weighted by Gasteiger charge is 2.31. The molecule has 1 aromatic carbocycles. The van der Waals surface area contributed by atoms with Gasteiger partial charge in [0.1, 0.15) is 11.5 Å². The van der Waals surface area contributed by atoms with Gasteiger partial charge in [0.2, 0.25) is 0 Å². The van der Waals surface area contributed by atoms with Gasteiger partial charge < -0.3 is 14.6 Å². The predicted octanol–water partition coefficient (Wildman–Crippen LogP) is 7.55. The number of unbranched alkanes of at least 4 members (excludes halogenated alkanes) is 2. The Hall–Kier alpha value is -1.72. The summed E-state index contributed by atoms with van der Waals surface area (Å²) in [4.78, 5) is 12.7. The summed E-state index contributed by atoms with van der Waals surface area (Å²) in [5.74, 6) is 1.62. The number of hydrogen-bond acceptors (Lipinski definition) is 5. The van der Waals surface area contributed by atoms with E-state index in [-0.39, 0.29) is 22.9 Å². The van der Waals surface area contributed by atoms with Crippen molar-refractivity contribution in [2.24, 2.45) is 5.92 Å². The number of allylic oxidation sites excluding steroid dienone is 3. The van der Waals surface area contributed by atoms with Gasteiger partial charge in [0.05, 0.1) is 12.7 Å². The third kappa shape index (κ3) is 7.14. The van der Waals surface area contributed by atoms with Crippen LogP contribution >= 0.6 is 11.8 Å². The minimum absolute atomic E-state index is 0.0363. The molecule has 32 heavy (non-hydrogen) atoms. The van der Waals surface area contributed by atoms with Gasteiger partial charge in [-0.15, -0.1) is 0 Å². The number of ether oxygens (including phenoxy) is 2. The van der Waals surface area contributed by atoms with E-state index in [1.807, 2.05) is 19.1 Å². The first-order chi connectivity index (χ1) is 15.4. The molecule has 3 rings (SSSR count). The van der Waals surface area contributed by atoms with Crippen molar-refractivity contribution >= 4 is 17.1 Å². The van der Waals surface area contributed by atoms with Crippen molar-refractivity contribution < 1.29 is 19.4 Å². The highest BCUT2D eigenvalue weighted by atomic mass is 32.2. The van der Waals surface area contributed by atoms with Crippen molar-refractivity contribution in [3.8, 4) is 11.5 Å². The second kappa shape index (κ2) is 11.9. The number of benzene rings is 1. The van der Waals surface area contributed by atoms with Gasteiger partial charge in [0, 0.05) is 17.2 Å². The number of hydrogen-bond donors (Lipinski definition) is 1. The van der Waals surface area contributed by atoms with Gasteiger partial charge in [-0.25, -0.2) is 4.79 Å². The fourth-order valence-corrected chi connectivity index (χ4v) is 5.16. The average Bonchev–Trinajstić information content (AvgIpc) is 3.55. The molecule has 2 aliphatic rings. The quantitative estimate of drug-likeness (QED) is 0.160. The molecule has 1 heterocycles. The Bertz CT molecular complexity index is 840. The van der Waals surface area contributed by atoms with Crippen LogP contribution in [-0.2, 0) is 11.2 Å². The lowest BCUT2D eigenvalue weighted by Crippen LogP contribution is -2.18. The molecule has 3 atom stereocenters. The summed E-state index contributed by atoms with van der Waals surface area (Å²) in [5.41, 5.74) is 4.13. The van der Waals surface area contributed by atoms with Crippen LogP contribution in [0.15, 0.2) is 35.9 Å². The van der Waals surface area contributed by atoms with E-state index >= 15 is 0 Å². The lowest BCUT2D eigenvalue weighted by Gasteiger charge is -2.32. The number of carbonyl (C=O) groups excluding carboxylic acids is 1. The highest BCUT2D eigenvalue weighted by molar-refractivity contribution is 8.13. The maximum Gasteiger partial charge on any atom is 0.372 e. The molecule has 1 fully saturated rings. The summed E-state index contributed by atoms with van der Waals surface area (Å²) in [6.07, 6.45) is 10.7. The van der Waals surface area contributed by atoms with E-state index in [1.165, 1.54) is 17.3 Å². The highest BCUT2D eigenvalue weighted by Crippen LogP contribution is 2.47. The Morgan fingerprint density at radius 3 is 2.78 bits per heavy atom. The summed E-state index contributed by atoms with van der Waals surface area (Å²) in [7, 11) is 0. The minimum atomic E-state index is -0.309. The molecule has 4 nitrogen and oxygen atoms in total. The van der Waals surface area contributed by atoms with Gasteiger partial charge >= 0.3 is 5.30 Å². The molecule has 1 aliphatic carbocycles. The number of epoxide rings is 1. The molecule has 1 aliphatic heterocycles. The summed E-state index contributed by atoms with van der Waals surface area (Å²) >= 11 is 1.21. The summed E-state index contributed by atoms with van der Waals surface area (Å²) in [6.45, 7) is 11.4. The van der Waals surface area contributed by atoms with Gasteiger partial charge in [-0.05, 0) is 87.7 Å². The van der Waals surface area contributed by atoms with Crippen molar-refractivity contribution in [3.05, 3.63) is 47.1 Å². The van der Waals surface area contributed by atoms with Crippen LogP contribution in [0.1, 0.15) is 82.8 Å².